The van der Waals surface area contributed by atoms with Gasteiger partial charge >= 0.3 is 6.09 Å². The Bertz CT molecular complexity index is 667. The number of anilines is 1. The van der Waals surface area contributed by atoms with Crippen LogP contribution in [0.25, 0.3) is 0 Å². The summed E-state index contributed by atoms with van der Waals surface area (Å²) in [6.07, 6.45) is 2.79. The first-order chi connectivity index (χ1) is 12.8. The molecule has 0 radical (unpaired) electrons. The topological polar surface area (TPSA) is 32.8 Å². The van der Waals surface area contributed by atoms with Crippen LogP contribution in [0, 0.1) is 0 Å². The van der Waals surface area contributed by atoms with E-state index in [0.29, 0.717) is 6.61 Å². The third kappa shape index (κ3) is 4.85. The quantitative estimate of drug-likeness (QED) is 0.774. The van der Waals surface area contributed by atoms with Gasteiger partial charge in [-0.05, 0) is 43.9 Å². The molecule has 1 aliphatic heterocycles. The largest absolute Gasteiger partial charge is 0.449 e. The van der Waals surface area contributed by atoms with Gasteiger partial charge in [-0.2, -0.15) is 0 Å². The second-order valence-corrected chi connectivity index (χ2v) is 6.71. The Kier molecular flexibility index (Phi) is 6.67. The summed E-state index contributed by atoms with van der Waals surface area (Å²) in [7, 11) is 0. The number of hydrogen-bond donors (Lipinski definition) is 0. The van der Waals surface area contributed by atoms with Crippen molar-refractivity contribution in [1.82, 2.24) is 4.90 Å². The standard InChI is InChI=1S/C22H28N2O2/c1-2-26-22(25)24(20-11-7-4-8-12-20)21-14-17-23(18-15-21)16-13-19-9-5-3-6-10-19/h3-12,21H,2,13-18H2,1H3. The molecule has 138 valence electrons. The van der Waals surface area contributed by atoms with E-state index in [1.807, 2.05) is 42.2 Å². The number of carbonyl (C=O) groups is 1. The van der Waals surface area contributed by atoms with Crippen LogP contribution in [0.3, 0.4) is 0 Å². The predicted octanol–water partition coefficient (Wildman–Crippen LogP) is 4.36. The lowest BCUT2D eigenvalue weighted by Crippen LogP contribution is -2.48. The fourth-order valence-corrected chi connectivity index (χ4v) is 3.58. The number of piperidine rings is 1. The highest BCUT2D eigenvalue weighted by Gasteiger charge is 2.29. The van der Waals surface area contributed by atoms with E-state index in [1.165, 1.54) is 5.56 Å². The summed E-state index contributed by atoms with van der Waals surface area (Å²) >= 11 is 0. The number of nitrogens with zero attached hydrogens (tertiary/aromatic N) is 2. The number of benzene rings is 2. The second kappa shape index (κ2) is 9.39. The Hall–Kier alpha value is -2.33. The van der Waals surface area contributed by atoms with Gasteiger partial charge in [0.2, 0.25) is 0 Å². The molecule has 2 aromatic rings. The molecular weight excluding hydrogens is 324 g/mol. The smallest absolute Gasteiger partial charge is 0.414 e. The molecule has 2 aromatic carbocycles. The summed E-state index contributed by atoms with van der Waals surface area (Å²) < 4.78 is 5.32. The van der Waals surface area contributed by atoms with Crippen molar-refractivity contribution in [3.8, 4) is 0 Å². The van der Waals surface area contributed by atoms with Gasteiger partial charge in [-0.25, -0.2) is 4.79 Å². The average Bonchev–Trinajstić information content (AvgIpc) is 2.69. The zero-order valence-electron chi connectivity index (χ0n) is 15.5. The molecule has 3 rings (SSSR count). The van der Waals surface area contributed by atoms with E-state index in [9.17, 15) is 4.79 Å². The fourth-order valence-electron chi connectivity index (χ4n) is 3.58. The SMILES string of the molecule is CCOC(=O)N(c1ccccc1)C1CCN(CCc2ccccc2)CC1. The van der Waals surface area contributed by atoms with Crippen LogP contribution in [-0.2, 0) is 11.2 Å². The van der Waals surface area contributed by atoms with E-state index in [4.69, 9.17) is 4.74 Å². The van der Waals surface area contributed by atoms with Crippen LogP contribution >= 0.6 is 0 Å². The molecular formula is C22H28N2O2. The van der Waals surface area contributed by atoms with Gasteiger partial charge in [0.25, 0.3) is 0 Å². The molecule has 0 unspecified atom stereocenters. The lowest BCUT2D eigenvalue weighted by atomic mass is 10.0. The summed E-state index contributed by atoms with van der Waals surface area (Å²) in [5, 5.41) is 0. The summed E-state index contributed by atoms with van der Waals surface area (Å²) in [6, 6.07) is 20.7. The highest BCUT2D eigenvalue weighted by atomic mass is 16.6. The molecule has 1 aliphatic rings. The molecule has 0 saturated carbocycles. The van der Waals surface area contributed by atoms with Gasteiger partial charge in [-0.15, -0.1) is 0 Å². The summed E-state index contributed by atoms with van der Waals surface area (Å²) in [5.41, 5.74) is 2.31. The minimum atomic E-state index is -0.235. The molecule has 26 heavy (non-hydrogen) atoms. The monoisotopic (exact) mass is 352 g/mol. The lowest BCUT2D eigenvalue weighted by molar-refractivity contribution is 0.149. The second-order valence-electron chi connectivity index (χ2n) is 6.71. The van der Waals surface area contributed by atoms with Gasteiger partial charge in [-0.1, -0.05) is 48.5 Å². The molecule has 0 spiro atoms. The Morgan fingerprint density at radius 1 is 1.04 bits per heavy atom. The number of hydrogen-bond acceptors (Lipinski definition) is 3. The molecule has 0 atom stereocenters. The van der Waals surface area contributed by atoms with Crippen molar-refractivity contribution in [2.45, 2.75) is 32.2 Å². The molecule has 1 heterocycles. The van der Waals surface area contributed by atoms with E-state index in [1.54, 1.807) is 0 Å². The summed E-state index contributed by atoms with van der Waals surface area (Å²) in [6.45, 7) is 5.35. The molecule has 4 heteroatoms. The molecule has 1 amide bonds. The Morgan fingerprint density at radius 3 is 2.27 bits per heavy atom. The molecule has 1 fully saturated rings. The van der Waals surface area contributed by atoms with Crippen molar-refractivity contribution in [3.05, 3.63) is 66.2 Å². The van der Waals surface area contributed by atoms with E-state index < -0.39 is 0 Å². The lowest BCUT2D eigenvalue weighted by Gasteiger charge is -2.38. The van der Waals surface area contributed by atoms with Crippen LogP contribution in [0.2, 0.25) is 0 Å². The van der Waals surface area contributed by atoms with Gasteiger partial charge in [0.1, 0.15) is 0 Å². The molecule has 0 aromatic heterocycles. The third-order valence-corrected chi connectivity index (χ3v) is 4.98. The van der Waals surface area contributed by atoms with Crippen LogP contribution in [-0.4, -0.2) is 43.3 Å². The number of rotatable bonds is 6. The van der Waals surface area contributed by atoms with Crippen LogP contribution in [0.4, 0.5) is 10.5 Å². The van der Waals surface area contributed by atoms with Crippen LogP contribution in [0.5, 0.6) is 0 Å². The van der Waals surface area contributed by atoms with E-state index in [-0.39, 0.29) is 12.1 Å². The Labute approximate surface area is 156 Å². The maximum atomic E-state index is 12.5. The summed E-state index contributed by atoms with van der Waals surface area (Å²) in [4.78, 5) is 16.9. The normalized spacial score (nSPS) is 15.6. The first-order valence-electron chi connectivity index (χ1n) is 9.55. The summed E-state index contributed by atoms with van der Waals surface area (Å²) in [5.74, 6) is 0. The number of likely N-dealkylation sites (tertiary alicyclic amines) is 1. The predicted molar refractivity (Wildman–Crippen MR) is 106 cm³/mol. The van der Waals surface area contributed by atoms with Crippen molar-refractivity contribution in [2.24, 2.45) is 0 Å². The average molecular weight is 352 g/mol. The van der Waals surface area contributed by atoms with Crippen LogP contribution < -0.4 is 4.90 Å². The van der Waals surface area contributed by atoms with Crippen molar-refractivity contribution >= 4 is 11.8 Å². The van der Waals surface area contributed by atoms with Gasteiger partial charge in [0.15, 0.2) is 0 Å². The molecule has 4 nitrogen and oxygen atoms in total. The van der Waals surface area contributed by atoms with Crippen molar-refractivity contribution in [3.63, 3.8) is 0 Å². The highest BCUT2D eigenvalue weighted by Crippen LogP contribution is 2.24. The maximum absolute atomic E-state index is 12.5. The third-order valence-electron chi connectivity index (χ3n) is 4.98. The number of carbonyl (C=O) groups excluding carboxylic acids is 1. The Morgan fingerprint density at radius 2 is 1.65 bits per heavy atom. The van der Waals surface area contributed by atoms with E-state index in [0.717, 1.165) is 44.6 Å². The fraction of sp³-hybridized carbons (Fsp3) is 0.409. The van der Waals surface area contributed by atoms with Crippen molar-refractivity contribution in [1.29, 1.82) is 0 Å². The van der Waals surface area contributed by atoms with Crippen molar-refractivity contribution in [2.75, 3.05) is 31.1 Å². The zero-order chi connectivity index (χ0) is 18.2. The molecule has 0 N–H and O–H groups in total. The van der Waals surface area contributed by atoms with Crippen LogP contribution in [0.15, 0.2) is 60.7 Å². The Balaban J connectivity index is 1.58. The first-order valence-corrected chi connectivity index (χ1v) is 9.55. The number of para-hydroxylation sites is 1. The van der Waals surface area contributed by atoms with Gasteiger partial charge in [-0.3, -0.25) is 4.90 Å². The molecule has 0 bridgehead atoms. The maximum Gasteiger partial charge on any atom is 0.414 e. The van der Waals surface area contributed by atoms with Gasteiger partial charge in [0.05, 0.1) is 6.61 Å². The molecule has 0 aliphatic carbocycles. The van der Waals surface area contributed by atoms with Crippen LogP contribution in [0.1, 0.15) is 25.3 Å². The van der Waals surface area contributed by atoms with Gasteiger partial charge < -0.3 is 9.64 Å². The first kappa shape index (κ1) is 18.5. The van der Waals surface area contributed by atoms with Crippen molar-refractivity contribution < 1.29 is 9.53 Å². The van der Waals surface area contributed by atoms with Gasteiger partial charge in [0, 0.05) is 31.4 Å². The zero-order valence-corrected chi connectivity index (χ0v) is 15.5. The molecule has 1 saturated heterocycles. The van der Waals surface area contributed by atoms with E-state index >= 15 is 0 Å². The number of ether oxygens (including phenoxy) is 1. The minimum Gasteiger partial charge on any atom is -0.449 e. The minimum absolute atomic E-state index is 0.199. The highest BCUT2D eigenvalue weighted by molar-refractivity contribution is 5.88. The van der Waals surface area contributed by atoms with E-state index in [2.05, 4.69) is 35.2 Å². The number of amides is 1.